The average molecular weight is 360 g/mol. The number of halogens is 1. The highest BCUT2D eigenvalue weighted by Crippen LogP contribution is 2.22. The van der Waals surface area contributed by atoms with Gasteiger partial charge in [0.1, 0.15) is 17.1 Å². The van der Waals surface area contributed by atoms with Crippen LogP contribution in [0.15, 0.2) is 47.1 Å². The zero-order valence-electron chi connectivity index (χ0n) is 12.1. The first kappa shape index (κ1) is 14.6. The zero-order chi connectivity index (χ0) is 15.9. The minimum atomic E-state index is -0.159. The molecule has 3 rings (SSSR count). The summed E-state index contributed by atoms with van der Waals surface area (Å²) in [5.41, 5.74) is 2.62. The van der Waals surface area contributed by atoms with Crippen molar-refractivity contribution in [2.75, 3.05) is 11.9 Å². The second-order valence-corrected chi connectivity index (χ2v) is 5.92. The summed E-state index contributed by atoms with van der Waals surface area (Å²) in [4.78, 5) is 18.8. The molecule has 22 heavy (non-hydrogen) atoms. The topological polar surface area (TPSA) is 57.8 Å². The predicted molar refractivity (Wildman–Crippen MR) is 88.5 cm³/mol. The zero-order valence-corrected chi connectivity index (χ0v) is 13.7. The number of aryl methyl sites for hydroxylation is 1. The number of imidazole rings is 1. The van der Waals surface area contributed by atoms with Crippen molar-refractivity contribution in [1.29, 1.82) is 0 Å². The highest BCUT2D eigenvalue weighted by Gasteiger charge is 2.21. The number of benzene rings is 1. The van der Waals surface area contributed by atoms with E-state index in [-0.39, 0.29) is 11.7 Å². The fourth-order valence-corrected chi connectivity index (χ4v) is 2.68. The van der Waals surface area contributed by atoms with E-state index in [0.29, 0.717) is 17.1 Å². The first-order valence-corrected chi connectivity index (χ1v) is 7.48. The molecule has 0 aliphatic carbocycles. The SMILES string of the molecule is Cc1nc2ccc(Br)cn2c1C(=O)N(C)c1ccc(O)cc1. The number of aromatic nitrogens is 2. The molecule has 0 spiro atoms. The van der Waals surface area contributed by atoms with E-state index in [1.54, 1.807) is 35.7 Å². The number of anilines is 1. The lowest BCUT2D eigenvalue weighted by Gasteiger charge is -2.17. The van der Waals surface area contributed by atoms with Crippen LogP contribution in [-0.2, 0) is 0 Å². The molecule has 5 nitrogen and oxygen atoms in total. The Hall–Kier alpha value is -2.34. The van der Waals surface area contributed by atoms with Crippen molar-refractivity contribution in [3.05, 3.63) is 58.5 Å². The number of pyridine rings is 1. The van der Waals surface area contributed by atoms with Crippen molar-refractivity contribution < 1.29 is 9.90 Å². The highest BCUT2D eigenvalue weighted by atomic mass is 79.9. The number of carbonyl (C=O) groups excluding carboxylic acids is 1. The third-order valence-corrected chi connectivity index (χ3v) is 3.97. The van der Waals surface area contributed by atoms with Crippen LogP contribution in [0, 0.1) is 6.92 Å². The number of phenols is 1. The van der Waals surface area contributed by atoms with Crippen LogP contribution in [-0.4, -0.2) is 27.4 Å². The van der Waals surface area contributed by atoms with E-state index in [9.17, 15) is 9.90 Å². The summed E-state index contributed by atoms with van der Waals surface area (Å²) in [5, 5.41) is 9.35. The first-order valence-electron chi connectivity index (χ1n) is 6.68. The van der Waals surface area contributed by atoms with Gasteiger partial charge in [-0.2, -0.15) is 0 Å². The second kappa shape index (κ2) is 5.46. The molecule has 0 atom stereocenters. The number of carbonyl (C=O) groups is 1. The Kier molecular flexibility index (Phi) is 3.62. The molecular formula is C16H14BrN3O2. The van der Waals surface area contributed by atoms with E-state index < -0.39 is 0 Å². The molecule has 0 bridgehead atoms. The number of rotatable bonds is 2. The maximum atomic E-state index is 12.8. The Bertz CT molecular complexity index is 856. The van der Waals surface area contributed by atoms with Gasteiger partial charge in [-0.25, -0.2) is 4.98 Å². The lowest BCUT2D eigenvalue weighted by Crippen LogP contribution is -2.28. The molecule has 0 saturated heterocycles. The van der Waals surface area contributed by atoms with Crippen molar-refractivity contribution in [2.45, 2.75) is 6.92 Å². The molecule has 1 N–H and O–H groups in total. The summed E-state index contributed by atoms with van der Waals surface area (Å²) in [6.07, 6.45) is 1.83. The van der Waals surface area contributed by atoms with Gasteiger partial charge in [-0.3, -0.25) is 9.20 Å². The van der Waals surface area contributed by atoms with Crippen molar-refractivity contribution in [3.8, 4) is 5.75 Å². The van der Waals surface area contributed by atoms with Gasteiger partial charge in [-0.1, -0.05) is 0 Å². The van der Waals surface area contributed by atoms with E-state index in [2.05, 4.69) is 20.9 Å². The van der Waals surface area contributed by atoms with Crippen LogP contribution >= 0.6 is 15.9 Å². The summed E-state index contributed by atoms with van der Waals surface area (Å²) in [6, 6.07) is 10.2. The minimum absolute atomic E-state index is 0.159. The molecule has 2 heterocycles. The van der Waals surface area contributed by atoms with E-state index in [4.69, 9.17) is 0 Å². The molecule has 0 aliphatic heterocycles. The molecule has 1 amide bonds. The Labute approximate surface area is 136 Å². The summed E-state index contributed by atoms with van der Waals surface area (Å²) in [6.45, 7) is 1.82. The molecule has 6 heteroatoms. The van der Waals surface area contributed by atoms with Crippen LogP contribution in [0.3, 0.4) is 0 Å². The van der Waals surface area contributed by atoms with Crippen LogP contribution in [0.2, 0.25) is 0 Å². The Morgan fingerprint density at radius 2 is 1.91 bits per heavy atom. The van der Waals surface area contributed by atoms with E-state index >= 15 is 0 Å². The van der Waals surface area contributed by atoms with E-state index in [0.717, 1.165) is 10.1 Å². The standard InChI is InChI=1S/C16H14BrN3O2/c1-10-15(20-9-11(17)3-8-14(20)18-10)16(22)19(2)12-4-6-13(21)7-5-12/h3-9,21H,1-2H3. The van der Waals surface area contributed by atoms with E-state index in [1.165, 1.54) is 4.90 Å². The summed E-state index contributed by atoms with van der Waals surface area (Å²) in [7, 11) is 1.70. The lowest BCUT2D eigenvalue weighted by atomic mass is 10.2. The molecule has 3 aromatic rings. The van der Waals surface area contributed by atoms with Gasteiger partial charge >= 0.3 is 0 Å². The highest BCUT2D eigenvalue weighted by molar-refractivity contribution is 9.10. The molecular weight excluding hydrogens is 346 g/mol. The Balaban J connectivity index is 2.06. The monoisotopic (exact) mass is 359 g/mol. The fourth-order valence-electron chi connectivity index (χ4n) is 2.35. The average Bonchev–Trinajstić information content (AvgIpc) is 2.82. The lowest BCUT2D eigenvalue weighted by molar-refractivity contribution is 0.0986. The third kappa shape index (κ3) is 2.46. The normalized spacial score (nSPS) is 10.9. The quantitative estimate of drug-likeness (QED) is 0.762. The van der Waals surface area contributed by atoms with Crippen LogP contribution in [0.1, 0.15) is 16.2 Å². The molecule has 0 aliphatic rings. The number of amides is 1. The van der Waals surface area contributed by atoms with Gasteiger partial charge in [0.25, 0.3) is 5.91 Å². The molecule has 0 unspecified atom stereocenters. The van der Waals surface area contributed by atoms with Crippen molar-refractivity contribution in [2.24, 2.45) is 0 Å². The molecule has 1 aromatic carbocycles. The summed E-state index contributed by atoms with van der Waals surface area (Å²) < 4.78 is 2.65. The van der Waals surface area contributed by atoms with Crippen LogP contribution in [0.4, 0.5) is 5.69 Å². The van der Waals surface area contributed by atoms with Gasteiger partial charge in [0.2, 0.25) is 0 Å². The third-order valence-electron chi connectivity index (χ3n) is 3.50. The minimum Gasteiger partial charge on any atom is -0.508 e. The van der Waals surface area contributed by atoms with Crippen molar-refractivity contribution in [3.63, 3.8) is 0 Å². The molecule has 0 radical (unpaired) electrons. The van der Waals surface area contributed by atoms with Gasteiger partial charge in [-0.05, 0) is 59.3 Å². The number of aromatic hydroxyl groups is 1. The Morgan fingerprint density at radius 1 is 1.23 bits per heavy atom. The molecule has 2 aromatic heterocycles. The number of hydrogen-bond donors (Lipinski definition) is 1. The number of fused-ring (bicyclic) bond motifs is 1. The van der Waals surface area contributed by atoms with Crippen molar-refractivity contribution in [1.82, 2.24) is 9.38 Å². The van der Waals surface area contributed by atoms with E-state index in [1.807, 2.05) is 25.3 Å². The van der Waals surface area contributed by atoms with Crippen molar-refractivity contribution >= 4 is 33.2 Å². The number of nitrogens with zero attached hydrogens (tertiary/aromatic N) is 3. The fraction of sp³-hybridized carbons (Fsp3) is 0.125. The summed E-state index contributed by atoms with van der Waals surface area (Å²) in [5.74, 6) is 0.00769. The van der Waals surface area contributed by atoms with Gasteiger partial charge in [0.15, 0.2) is 0 Å². The molecule has 112 valence electrons. The van der Waals surface area contributed by atoms with Gasteiger partial charge in [0, 0.05) is 23.4 Å². The smallest absolute Gasteiger partial charge is 0.276 e. The van der Waals surface area contributed by atoms with Crippen LogP contribution in [0.25, 0.3) is 5.65 Å². The van der Waals surface area contributed by atoms with Gasteiger partial charge < -0.3 is 10.0 Å². The molecule has 0 saturated carbocycles. The Morgan fingerprint density at radius 3 is 2.59 bits per heavy atom. The van der Waals surface area contributed by atoms with Crippen LogP contribution < -0.4 is 4.90 Å². The molecule has 0 fully saturated rings. The number of phenolic OH excluding ortho intramolecular Hbond substituents is 1. The largest absolute Gasteiger partial charge is 0.508 e. The second-order valence-electron chi connectivity index (χ2n) is 5.00. The maximum absolute atomic E-state index is 12.8. The van der Waals surface area contributed by atoms with Gasteiger partial charge in [0.05, 0.1) is 5.69 Å². The van der Waals surface area contributed by atoms with Gasteiger partial charge in [-0.15, -0.1) is 0 Å². The predicted octanol–water partition coefficient (Wildman–Crippen LogP) is 3.39. The number of hydrogen-bond acceptors (Lipinski definition) is 3. The maximum Gasteiger partial charge on any atom is 0.276 e. The van der Waals surface area contributed by atoms with Crippen LogP contribution in [0.5, 0.6) is 5.75 Å². The first-order chi connectivity index (χ1) is 10.5. The summed E-state index contributed by atoms with van der Waals surface area (Å²) >= 11 is 3.41.